The van der Waals surface area contributed by atoms with Gasteiger partial charge in [-0.05, 0) is 60.4 Å². The summed E-state index contributed by atoms with van der Waals surface area (Å²) in [6.45, 7) is 3.43. The predicted molar refractivity (Wildman–Crippen MR) is 140 cm³/mol. The highest BCUT2D eigenvalue weighted by Gasteiger charge is 2.23. The zero-order valence-corrected chi connectivity index (χ0v) is 20.0. The number of aromatic nitrogens is 2. The number of aryl methyl sites for hydroxylation is 2. The van der Waals surface area contributed by atoms with Gasteiger partial charge in [-0.15, -0.1) is 0 Å². The lowest BCUT2D eigenvalue weighted by molar-refractivity contribution is 0.301. The minimum absolute atomic E-state index is 0.0506. The smallest absolute Gasteiger partial charge is 0.121 e. The van der Waals surface area contributed by atoms with Gasteiger partial charge in [0.2, 0.25) is 0 Å². The van der Waals surface area contributed by atoms with Crippen LogP contribution in [0.25, 0.3) is 11.0 Å². The SMILES string of the molecule is Cc1cc(OCCCn2c(C(c3ccccc3)c3ccccc3)nc3ccccc32)ccc1Cl. The van der Waals surface area contributed by atoms with E-state index in [1.165, 1.54) is 11.1 Å². The minimum atomic E-state index is 0.0506. The van der Waals surface area contributed by atoms with Crippen LogP contribution in [-0.2, 0) is 6.54 Å². The van der Waals surface area contributed by atoms with Gasteiger partial charge < -0.3 is 9.30 Å². The van der Waals surface area contributed by atoms with Crippen LogP contribution < -0.4 is 4.74 Å². The molecule has 5 aromatic rings. The number of rotatable bonds is 8. The predicted octanol–water partition coefficient (Wildman–Crippen LogP) is 7.65. The molecular formula is C30H27ClN2O. The van der Waals surface area contributed by atoms with Crippen molar-refractivity contribution < 1.29 is 4.74 Å². The van der Waals surface area contributed by atoms with E-state index in [2.05, 4.69) is 89.5 Å². The van der Waals surface area contributed by atoms with Crippen LogP contribution in [0.1, 0.15) is 34.9 Å². The van der Waals surface area contributed by atoms with Crippen molar-refractivity contribution in [2.75, 3.05) is 6.61 Å². The molecule has 1 aromatic heterocycles. The van der Waals surface area contributed by atoms with E-state index in [1.807, 2.05) is 25.1 Å². The Labute approximate surface area is 205 Å². The van der Waals surface area contributed by atoms with Crippen LogP contribution in [0.4, 0.5) is 0 Å². The standard InChI is InChI=1S/C30H27ClN2O/c1-22-21-25(17-18-26(22)31)34-20-10-19-33-28-16-9-8-15-27(28)32-30(33)29(23-11-4-2-5-12-23)24-13-6-3-7-14-24/h2-9,11-18,21,29H,10,19-20H2,1H3. The molecule has 0 aliphatic heterocycles. The number of ether oxygens (including phenoxy) is 1. The fourth-order valence-corrected chi connectivity index (χ4v) is 4.57. The molecule has 0 unspecified atom stereocenters. The zero-order valence-electron chi connectivity index (χ0n) is 19.2. The number of imidazole rings is 1. The van der Waals surface area contributed by atoms with Crippen molar-refractivity contribution in [3.8, 4) is 5.75 Å². The molecule has 0 aliphatic carbocycles. The largest absolute Gasteiger partial charge is 0.494 e. The second kappa shape index (κ2) is 10.1. The van der Waals surface area contributed by atoms with E-state index in [9.17, 15) is 0 Å². The second-order valence-corrected chi connectivity index (χ2v) is 8.88. The van der Waals surface area contributed by atoms with Crippen LogP contribution >= 0.6 is 11.6 Å². The van der Waals surface area contributed by atoms with E-state index in [0.717, 1.165) is 46.2 Å². The summed E-state index contributed by atoms with van der Waals surface area (Å²) in [7, 11) is 0. The van der Waals surface area contributed by atoms with Crippen molar-refractivity contribution in [3.63, 3.8) is 0 Å². The first-order chi connectivity index (χ1) is 16.7. The third-order valence-corrected chi connectivity index (χ3v) is 6.56. The molecule has 170 valence electrons. The highest BCUT2D eigenvalue weighted by Crippen LogP contribution is 2.33. The van der Waals surface area contributed by atoms with Crippen molar-refractivity contribution in [3.05, 3.63) is 131 Å². The third-order valence-electron chi connectivity index (χ3n) is 6.13. The van der Waals surface area contributed by atoms with E-state index >= 15 is 0 Å². The number of hydrogen-bond donors (Lipinski definition) is 0. The maximum Gasteiger partial charge on any atom is 0.121 e. The van der Waals surface area contributed by atoms with Gasteiger partial charge in [-0.3, -0.25) is 0 Å². The Morgan fingerprint density at radius 3 is 2.15 bits per heavy atom. The van der Waals surface area contributed by atoms with Gasteiger partial charge in [0.05, 0.1) is 23.6 Å². The molecule has 34 heavy (non-hydrogen) atoms. The molecule has 0 spiro atoms. The van der Waals surface area contributed by atoms with Crippen LogP contribution in [0.2, 0.25) is 5.02 Å². The molecular weight excluding hydrogens is 440 g/mol. The van der Waals surface area contributed by atoms with Gasteiger partial charge in [-0.25, -0.2) is 4.98 Å². The van der Waals surface area contributed by atoms with Crippen LogP contribution in [0.15, 0.2) is 103 Å². The quantitative estimate of drug-likeness (QED) is 0.219. The van der Waals surface area contributed by atoms with Gasteiger partial charge in [0.15, 0.2) is 0 Å². The van der Waals surface area contributed by atoms with E-state index in [-0.39, 0.29) is 5.92 Å². The first-order valence-corrected chi connectivity index (χ1v) is 12.0. The third kappa shape index (κ3) is 4.71. The molecule has 4 aromatic carbocycles. The van der Waals surface area contributed by atoms with Crippen molar-refractivity contribution in [2.24, 2.45) is 0 Å². The summed E-state index contributed by atoms with van der Waals surface area (Å²) in [6, 6.07) is 35.4. The van der Waals surface area contributed by atoms with E-state index in [4.69, 9.17) is 21.3 Å². The number of hydrogen-bond acceptors (Lipinski definition) is 2. The van der Waals surface area contributed by atoms with E-state index < -0.39 is 0 Å². The number of halogens is 1. The molecule has 0 radical (unpaired) electrons. The summed E-state index contributed by atoms with van der Waals surface area (Å²) in [5, 5.41) is 0.759. The summed E-state index contributed by atoms with van der Waals surface area (Å²) in [6.07, 6.45) is 0.866. The molecule has 0 amide bonds. The van der Waals surface area contributed by atoms with Crippen molar-refractivity contribution in [1.29, 1.82) is 0 Å². The molecule has 4 heteroatoms. The van der Waals surface area contributed by atoms with Crippen LogP contribution in [0.5, 0.6) is 5.75 Å². The Hall–Kier alpha value is -3.56. The Bertz CT molecular complexity index is 1340. The maximum atomic E-state index is 6.15. The van der Waals surface area contributed by atoms with Crippen molar-refractivity contribution in [2.45, 2.75) is 25.8 Å². The number of fused-ring (bicyclic) bond motifs is 1. The summed E-state index contributed by atoms with van der Waals surface area (Å²) in [5.41, 5.74) is 5.66. The van der Waals surface area contributed by atoms with Gasteiger partial charge in [0.25, 0.3) is 0 Å². The monoisotopic (exact) mass is 466 g/mol. The molecule has 0 aliphatic rings. The van der Waals surface area contributed by atoms with Gasteiger partial charge in [-0.2, -0.15) is 0 Å². The Balaban J connectivity index is 1.47. The Morgan fingerprint density at radius 2 is 1.47 bits per heavy atom. The highest BCUT2D eigenvalue weighted by atomic mass is 35.5. The highest BCUT2D eigenvalue weighted by molar-refractivity contribution is 6.31. The van der Waals surface area contributed by atoms with Crippen LogP contribution in [0, 0.1) is 6.92 Å². The summed E-state index contributed by atoms with van der Waals surface area (Å²) < 4.78 is 8.39. The van der Waals surface area contributed by atoms with Gasteiger partial charge >= 0.3 is 0 Å². The number of nitrogens with zero attached hydrogens (tertiary/aromatic N) is 2. The normalized spacial score (nSPS) is 11.3. The summed E-state index contributed by atoms with van der Waals surface area (Å²) >= 11 is 6.15. The van der Waals surface area contributed by atoms with Crippen LogP contribution in [0.3, 0.4) is 0 Å². The van der Waals surface area contributed by atoms with Crippen molar-refractivity contribution >= 4 is 22.6 Å². The number of benzene rings is 4. The molecule has 1 heterocycles. The molecule has 5 rings (SSSR count). The fraction of sp³-hybridized carbons (Fsp3) is 0.167. The van der Waals surface area contributed by atoms with E-state index in [1.54, 1.807) is 0 Å². The topological polar surface area (TPSA) is 27.1 Å². The summed E-state index contributed by atoms with van der Waals surface area (Å²) in [4.78, 5) is 5.13. The number of para-hydroxylation sites is 2. The van der Waals surface area contributed by atoms with E-state index in [0.29, 0.717) is 6.61 Å². The maximum absolute atomic E-state index is 6.15. The van der Waals surface area contributed by atoms with Gasteiger partial charge in [0, 0.05) is 11.6 Å². The molecule has 0 saturated carbocycles. The molecule has 0 saturated heterocycles. The fourth-order valence-electron chi connectivity index (χ4n) is 4.45. The molecule has 0 fully saturated rings. The lowest BCUT2D eigenvalue weighted by Gasteiger charge is -2.20. The average molecular weight is 467 g/mol. The molecule has 3 nitrogen and oxygen atoms in total. The molecule has 0 bridgehead atoms. The lowest BCUT2D eigenvalue weighted by atomic mass is 9.90. The zero-order chi connectivity index (χ0) is 23.3. The lowest BCUT2D eigenvalue weighted by Crippen LogP contribution is -2.13. The first kappa shape index (κ1) is 22.2. The average Bonchev–Trinajstić information content (AvgIpc) is 3.23. The first-order valence-electron chi connectivity index (χ1n) is 11.6. The Kier molecular flexibility index (Phi) is 6.64. The van der Waals surface area contributed by atoms with Crippen molar-refractivity contribution in [1.82, 2.24) is 9.55 Å². The minimum Gasteiger partial charge on any atom is -0.494 e. The van der Waals surface area contributed by atoms with Gasteiger partial charge in [0.1, 0.15) is 11.6 Å². The molecule has 0 atom stereocenters. The summed E-state index contributed by atoms with van der Waals surface area (Å²) in [5.74, 6) is 1.96. The van der Waals surface area contributed by atoms with Crippen LogP contribution in [-0.4, -0.2) is 16.2 Å². The molecule has 0 N–H and O–H groups in total. The second-order valence-electron chi connectivity index (χ2n) is 8.48. The Morgan fingerprint density at radius 1 is 0.824 bits per heavy atom. The van der Waals surface area contributed by atoms with Gasteiger partial charge in [-0.1, -0.05) is 84.4 Å².